The van der Waals surface area contributed by atoms with E-state index in [4.69, 9.17) is 5.73 Å². The zero-order valence-electron chi connectivity index (χ0n) is 11.3. The number of nitrogens with one attached hydrogen (secondary N) is 1. The molecule has 0 aliphatic rings. The van der Waals surface area contributed by atoms with E-state index in [0.29, 0.717) is 11.1 Å². The van der Waals surface area contributed by atoms with Crippen molar-refractivity contribution in [3.63, 3.8) is 0 Å². The molecule has 0 saturated heterocycles. The van der Waals surface area contributed by atoms with Crippen LogP contribution in [0.15, 0.2) is 48.5 Å². The molecule has 2 aromatic rings. The quantitative estimate of drug-likeness (QED) is 0.819. The second kappa shape index (κ2) is 6.55. The molecule has 20 heavy (non-hydrogen) atoms. The standard InChI is InChI=1S/C17H16N2O/c1-13-9-10-16(14(12-13)6-5-11-18)17(20)19-15-7-3-2-4-8-15/h2-4,7-10,12H,11,18H2,1H3,(H,19,20). The molecule has 0 spiro atoms. The van der Waals surface area contributed by atoms with E-state index in [-0.39, 0.29) is 12.5 Å². The van der Waals surface area contributed by atoms with Crippen molar-refractivity contribution in [2.24, 2.45) is 5.73 Å². The highest BCUT2D eigenvalue weighted by molar-refractivity contribution is 6.06. The summed E-state index contributed by atoms with van der Waals surface area (Å²) in [6.07, 6.45) is 0. The predicted molar refractivity (Wildman–Crippen MR) is 81.5 cm³/mol. The molecule has 2 rings (SSSR count). The van der Waals surface area contributed by atoms with E-state index in [0.717, 1.165) is 11.3 Å². The Kier molecular flexibility index (Phi) is 4.54. The third kappa shape index (κ3) is 3.47. The van der Waals surface area contributed by atoms with Gasteiger partial charge in [0.25, 0.3) is 5.91 Å². The number of carbonyl (C=O) groups excluding carboxylic acids is 1. The van der Waals surface area contributed by atoms with Gasteiger partial charge in [0.15, 0.2) is 0 Å². The molecule has 0 heterocycles. The van der Waals surface area contributed by atoms with Crippen molar-refractivity contribution in [1.82, 2.24) is 0 Å². The minimum Gasteiger partial charge on any atom is -0.322 e. The third-order valence-corrected chi connectivity index (χ3v) is 2.78. The van der Waals surface area contributed by atoms with Gasteiger partial charge in [0.05, 0.1) is 12.1 Å². The molecule has 0 bridgehead atoms. The van der Waals surface area contributed by atoms with Gasteiger partial charge in [-0.2, -0.15) is 0 Å². The summed E-state index contributed by atoms with van der Waals surface area (Å²) >= 11 is 0. The Morgan fingerprint density at radius 2 is 1.95 bits per heavy atom. The van der Waals surface area contributed by atoms with Crippen LogP contribution in [0.3, 0.4) is 0 Å². The number of carbonyl (C=O) groups is 1. The van der Waals surface area contributed by atoms with Gasteiger partial charge in [-0.05, 0) is 36.8 Å². The van der Waals surface area contributed by atoms with Gasteiger partial charge in [-0.25, -0.2) is 0 Å². The first kappa shape index (κ1) is 13.9. The van der Waals surface area contributed by atoms with E-state index in [9.17, 15) is 4.79 Å². The maximum absolute atomic E-state index is 12.3. The van der Waals surface area contributed by atoms with Crippen molar-refractivity contribution in [3.8, 4) is 11.8 Å². The summed E-state index contributed by atoms with van der Waals surface area (Å²) in [5, 5.41) is 2.86. The minimum absolute atomic E-state index is 0.169. The van der Waals surface area contributed by atoms with E-state index in [1.807, 2.05) is 49.4 Å². The smallest absolute Gasteiger partial charge is 0.256 e. The van der Waals surface area contributed by atoms with Gasteiger partial charge in [-0.3, -0.25) is 4.79 Å². The first-order valence-electron chi connectivity index (χ1n) is 6.36. The first-order valence-corrected chi connectivity index (χ1v) is 6.36. The van der Waals surface area contributed by atoms with Crippen LogP contribution >= 0.6 is 0 Å². The minimum atomic E-state index is -0.169. The largest absolute Gasteiger partial charge is 0.322 e. The molecular weight excluding hydrogens is 248 g/mol. The fraction of sp³-hybridized carbons (Fsp3) is 0.118. The van der Waals surface area contributed by atoms with Crippen LogP contribution in [0.1, 0.15) is 21.5 Å². The molecule has 3 heteroatoms. The van der Waals surface area contributed by atoms with Crippen molar-refractivity contribution in [2.75, 3.05) is 11.9 Å². The lowest BCUT2D eigenvalue weighted by molar-refractivity contribution is 0.102. The summed E-state index contributed by atoms with van der Waals surface area (Å²) in [5.74, 6) is 5.56. The molecule has 0 aliphatic heterocycles. The Morgan fingerprint density at radius 1 is 1.20 bits per heavy atom. The van der Waals surface area contributed by atoms with Crippen molar-refractivity contribution in [1.29, 1.82) is 0 Å². The number of para-hydroxylation sites is 1. The summed E-state index contributed by atoms with van der Waals surface area (Å²) in [6.45, 7) is 2.24. The second-order valence-electron chi connectivity index (χ2n) is 4.38. The molecule has 0 saturated carbocycles. The van der Waals surface area contributed by atoms with Crippen molar-refractivity contribution in [3.05, 3.63) is 65.2 Å². The highest BCUT2D eigenvalue weighted by Crippen LogP contribution is 2.14. The maximum atomic E-state index is 12.3. The number of nitrogens with two attached hydrogens (primary N) is 1. The molecule has 0 radical (unpaired) electrons. The van der Waals surface area contributed by atoms with Crippen molar-refractivity contribution < 1.29 is 4.79 Å². The zero-order chi connectivity index (χ0) is 14.4. The Bertz CT molecular complexity index is 666. The molecule has 0 unspecified atom stereocenters. The van der Waals surface area contributed by atoms with Gasteiger partial charge in [0.2, 0.25) is 0 Å². The number of hydrogen-bond acceptors (Lipinski definition) is 2. The van der Waals surface area contributed by atoms with E-state index >= 15 is 0 Å². The Labute approximate surface area is 118 Å². The number of benzene rings is 2. The lowest BCUT2D eigenvalue weighted by Gasteiger charge is -2.07. The average molecular weight is 264 g/mol. The van der Waals surface area contributed by atoms with E-state index in [1.165, 1.54) is 0 Å². The number of amides is 1. The van der Waals surface area contributed by atoms with Gasteiger partial charge in [0, 0.05) is 11.3 Å². The summed E-state index contributed by atoms with van der Waals surface area (Å²) in [5.41, 5.74) is 8.46. The summed E-state index contributed by atoms with van der Waals surface area (Å²) in [4.78, 5) is 12.3. The van der Waals surface area contributed by atoms with Crippen molar-refractivity contribution in [2.45, 2.75) is 6.92 Å². The van der Waals surface area contributed by atoms with Crippen LogP contribution in [0.5, 0.6) is 0 Å². The van der Waals surface area contributed by atoms with Crippen LogP contribution in [0.25, 0.3) is 0 Å². The molecule has 0 aliphatic carbocycles. The predicted octanol–water partition coefficient (Wildman–Crippen LogP) is 2.56. The van der Waals surface area contributed by atoms with E-state index in [2.05, 4.69) is 17.2 Å². The van der Waals surface area contributed by atoms with E-state index in [1.54, 1.807) is 6.07 Å². The Balaban J connectivity index is 2.30. The van der Waals surface area contributed by atoms with Crippen molar-refractivity contribution >= 4 is 11.6 Å². The molecule has 0 fully saturated rings. The lowest BCUT2D eigenvalue weighted by atomic mass is 10.0. The monoisotopic (exact) mass is 264 g/mol. The molecule has 1 amide bonds. The van der Waals surface area contributed by atoms with Crippen LogP contribution in [-0.2, 0) is 0 Å². The fourth-order valence-corrected chi connectivity index (χ4v) is 1.83. The third-order valence-electron chi connectivity index (χ3n) is 2.78. The lowest BCUT2D eigenvalue weighted by Crippen LogP contribution is -2.13. The van der Waals surface area contributed by atoms with Crippen LogP contribution in [0, 0.1) is 18.8 Å². The van der Waals surface area contributed by atoms with Crippen LogP contribution in [-0.4, -0.2) is 12.5 Å². The number of rotatable bonds is 2. The number of anilines is 1. The number of hydrogen-bond donors (Lipinski definition) is 2. The van der Waals surface area contributed by atoms with Gasteiger partial charge >= 0.3 is 0 Å². The molecule has 2 aromatic carbocycles. The summed E-state index contributed by atoms with van der Waals surface area (Å²) in [7, 11) is 0. The highest BCUT2D eigenvalue weighted by atomic mass is 16.1. The van der Waals surface area contributed by atoms with Gasteiger partial charge in [0.1, 0.15) is 0 Å². The summed E-state index contributed by atoms with van der Waals surface area (Å²) < 4.78 is 0. The Morgan fingerprint density at radius 3 is 2.65 bits per heavy atom. The van der Waals surface area contributed by atoms with Crippen LogP contribution in [0.2, 0.25) is 0 Å². The van der Waals surface area contributed by atoms with E-state index < -0.39 is 0 Å². The second-order valence-corrected chi connectivity index (χ2v) is 4.38. The highest BCUT2D eigenvalue weighted by Gasteiger charge is 2.10. The van der Waals surface area contributed by atoms with Gasteiger partial charge in [-0.15, -0.1) is 0 Å². The fourth-order valence-electron chi connectivity index (χ4n) is 1.83. The van der Waals surface area contributed by atoms with Gasteiger partial charge < -0.3 is 11.1 Å². The molecule has 3 nitrogen and oxygen atoms in total. The zero-order valence-corrected chi connectivity index (χ0v) is 11.3. The maximum Gasteiger partial charge on any atom is 0.256 e. The normalized spacial score (nSPS) is 9.50. The molecule has 100 valence electrons. The molecule has 0 atom stereocenters. The Hall–Kier alpha value is -2.57. The summed E-state index contributed by atoms with van der Waals surface area (Å²) in [6, 6.07) is 14.9. The van der Waals surface area contributed by atoms with Crippen LogP contribution < -0.4 is 11.1 Å². The molecule has 3 N–H and O–H groups in total. The molecule has 0 aromatic heterocycles. The first-order chi connectivity index (χ1) is 9.70. The SMILES string of the molecule is Cc1ccc(C(=O)Nc2ccccc2)c(C#CCN)c1. The van der Waals surface area contributed by atoms with Gasteiger partial charge in [-0.1, -0.05) is 36.1 Å². The van der Waals surface area contributed by atoms with Crippen LogP contribution in [0.4, 0.5) is 5.69 Å². The topological polar surface area (TPSA) is 55.1 Å². The average Bonchev–Trinajstić information content (AvgIpc) is 2.46. The number of aryl methyl sites for hydroxylation is 1. The molecular formula is C17H16N2O.